The van der Waals surface area contributed by atoms with Gasteiger partial charge in [0.15, 0.2) is 0 Å². The Morgan fingerprint density at radius 1 is 1.47 bits per heavy atom. The first-order valence-electron chi connectivity index (χ1n) is 5.83. The topological polar surface area (TPSA) is 52.9 Å². The van der Waals surface area contributed by atoms with Crippen molar-refractivity contribution in [2.75, 3.05) is 0 Å². The number of nitriles is 1. The number of carbonyl (C=O) groups is 1. The molecule has 0 unspecified atom stereocenters. The zero-order chi connectivity index (χ0) is 12.5. The molecule has 0 spiro atoms. The van der Waals surface area contributed by atoms with Gasteiger partial charge in [-0.05, 0) is 37.8 Å². The fourth-order valence-electron chi connectivity index (χ4n) is 1.90. The summed E-state index contributed by atoms with van der Waals surface area (Å²) in [5.74, 6) is -0.125. The van der Waals surface area contributed by atoms with Crippen molar-refractivity contribution in [1.82, 2.24) is 5.32 Å². The minimum absolute atomic E-state index is 0.125. The van der Waals surface area contributed by atoms with E-state index in [2.05, 4.69) is 17.5 Å². The molecule has 3 heteroatoms. The number of benzene rings is 1. The van der Waals surface area contributed by atoms with Gasteiger partial charge in [0, 0.05) is 6.54 Å². The molecule has 1 aromatic carbocycles. The third kappa shape index (κ3) is 2.31. The quantitative estimate of drug-likeness (QED) is 0.862. The Hall–Kier alpha value is -1.82. The first kappa shape index (κ1) is 11.7. The molecule has 0 bridgehead atoms. The van der Waals surface area contributed by atoms with Crippen molar-refractivity contribution < 1.29 is 4.79 Å². The van der Waals surface area contributed by atoms with Crippen molar-refractivity contribution >= 4 is 5.91 Å². The molecule has 1 amide bonds. The Balaban J connectivity index is 1.99. The second-order valence-electron chi connectivity index (χ2n) is 4.81. The summed E-state index contributed by atoms with van der Waals surface area (Å²) < 4.78 is 0. The molecule has 1 N–H and O–H groups in total. The monoisotopic (exact) mass is 228 g/mol. The van der Waals surface area contributed by atoms with Gasteiger partial charge in [-0.25, -0.2) is 0 Å². The molecule has 1 aromatic rings. The van der Waals surface area contributed by atoms with Crippen LogP contribution < -0.4 is 5.32 Å². The second kappa shape index (κ2) is 4.21. The van der Waals surface area contributed by atoms with Gasteiger partial charge in [-0.1, -0.05) is 23.8 Å². The summed E-state index contributed by atoms with van der Waals surface area (Å²) in [6, 6.07) is 8.25. The van der Waals surface area contributed by atoms with E-state index in [1.165, 1.54) is 11.1 Å². The molecule has 0 saturated heterocycles. The van der Waals surface area contributed by atoms with Crippen molar-refractivity contribution in [1.29, 1.82) is 5.26 Å². The molecule has 0 aliphatic heterocycles. The molecule has 88 valence electrons. The lowest BCUT2D eigenvalue weighted by atomic mass is 10.0. The number of amides is 1. The average Bonchev–Trinajstić information content (AvgIpc) is 3.08. The summed E-state index contributed by atoms with van der Waals surface area (Å²) in [7, 11) is 0. The van der Waals surface area contributed by atoms with E-state index in [0.29, 0.717) is 19.4 Å². The molecular formula is C14H16N2O. The summed E-state index contributed by atoms with van der Waals surface area (Å²) >= 11 is 0. The Morgan fingerprint density at radius 2 is 2.18 bits per heavy atom. The second-order valence-corrected chi connectivity index (χ2v) is 4.81. The molecular weight excluding hydrogens is 212 g/mol. The van der Waals surface area contributed by atoms with E-state index in [1.807, 2.05) is 26.0 Å². The van der Waals surface area contributed by atoms with Gasteiger partial charge < -0.3 is 5.32 Å². The molecule has 1 saturated carbocycles. The van der Waals surface area contributed by atoms with Crippen LogP contribution in [0.3, 0.4) is 0 Å². The normalized spacial score (nSPS) is 16.1. The number of carbonyl (C=O) groups excluding carboxylic acids is 1. The summed E-state index contributed by atoms with van der Waals surface area (Å²) in [5.41, 5.74) is 2.77. The lowest BCUT2D eigenvalue weighted by molar-refractivity contribution is -0.124. The fraction of sp³-hybridized carbons (Fsp3) is 0.429. The van der Waals surface area contributed by atoms with E-state index >= 15 is 0 Å². The predicted molar refractivity (Wildman–Crippen MR) is 65.0 cm³/mol. The third-order valence-electron chi connectivity index (χ3n) is 3.34. The molecule has 2 rings (SSSR count). The Morgan fingerprint density at radius 3 is 2.71 bits per heavy atom. The van der Waals surface area contributed by atoms with E-state index in [-0.39, 0.29) is 5.91 Å². The van der Waals surface area contributed by atoms with E-state index in [0.717, 1.165) is 5.56 Å². The van der Waals surface area contributed by atoms with Crippen LogP contribution in [0.2, 0.25) is 0 Å². The molecule has 1 fully saturated rings. The van der Waals surface area contributed by atoms with Crippen LogP contribution >= 0.6 is 0 Å². The van der Waals surface area contributed by atoms with Crippen molar-refractivity contribution in [2.24, 2.45) is 5.41 Å². The smallest absolute Gasteiger partial charge is 0.240 e. The van der Waals surface area contributed by atoms with E-state index in [1.54, 1.807) is 0 Å². The van der Waals surface area contributed by atoms with Gasteiger partial charge in [-0.3, -0.25) is 4.79 Å². The molecule has 1 aliphatic carbocycles. The van der Waals surface area contributed by atoms with Crippen molar-refractivity contribution in [2.45, 2.75) is 33.2 Å². The average molecular weight is 228 g/mol. The molecule has 1 aliphatic rings. The van der Waals surface area contributed by atoms with Gasteiger partial charge in [-0.15, -0.1) is 0 Å². The molecule has 0 radical (unpaired) electrons. The minimum atomic E-state index is -0.724. The number of rotatable bonds is 3. The van der Waals surface area contributed by atoms with Crippen LogP contribution in [0.1, 0.15) is 29.5 Å². The Kier molecular flexibility index (Phi) is 2.89. The van der Waals surface area contributed by atoms with Crippen LogP contribution in [0.5, 0.6) is 0 Å². The van der Waals surface area contributed by atoms with Crippen LogP contribution in [-0.4, -0.2) is 5.91 Å². The molecule has 0 heterocycles. The number of aryl methyl sites for hydroxylation is 2. The maximum absolute atomic E-state index is 11.8. The standard InChI is InChI=1S/C14H16N2O/c1-10-3-4-12(11(2)7-10)8-16-13(17)14(9-15)5-6-14/h3-4,7H,5-6,8H2,1-2H3,(H,16,17). The summed E-state index contributed by atoms with van der Waals surface area (Å²) in [6.45, 7) is 4.59. The minimum Gasteiger partial charge on any atom is -0.351 e. The van der Waals surface area contributed by atoms with E-state index < -0.39 is 5.41 Å². The fourth-order valence-corrected chi connectivity index (χ4v) is 1.90. The van der Waals surface area contributed by atoms with Gasteiger partial charge in [0.1, 0.15) is 5.41 Å². The van der Waals surface area contributed by atoms with Gasteiger partial charge in [-0.2, -0.15) is 5.26 Å². The SMILES string of the molecule is Cc1ccc(CNC(=O)C2(C#N)CC2)c(C)c1. The number of nitrogens with zero attached hydrogens (tertiary/aromatic N) is 1. The molecule has 3 nitrogen and oxygen atoms in total. The molecule has 17 heavy (non-hydrogen) atoms. The maximum atomic E-state index is 11.8. The van der Waals surface area contributed by atoms with Crippen molar-refractivity contribution in [3.63, 3.8) is 0 Å². The van der Waals surface area contributed by atoms with Crippen LogP contribution in [0.4, 0.5) is 0 Å². The van der Waals surface area contributed by atoms with E-state index in [4.69, 9.17) is 5.26 Å². The first-order chi connectivity index (χ1) is 8.07. The highest BCUT2D eigenvalue weighted by Crippen LogP contribution is 2.45. The lowest BCUT2D eigenvalue weighted by Gasteiger charge is -2.10. The van der Waals surface area contributed by atoms with Crippen LogP contribution in [0.15, 0.2) is 18.2 Å². The Bertz CT molecular complexity index is 495. The summed E-state index contributed by atoms with van der Waals surface area (Å²) in [4.78, 5) is 11.8. The Labute approximate surface area is 101 Å². The zero-order valence-electron chi connectivity index (χ0n) is 10.2. The number of hydrogen-bond donors (Lipinski definition) is 1. The highest BCUT2D eigenvalue weighted by Gasteiger charge is 2.50. The molecule has 0 aromatic heterocycles. The van der Waals surface area contributed by atoms with Crippen LogP contribution in [0, 0.1) is 30.6 Å². The summed E-state index contributed by atoms with van der Waals surface area (Å²) in [6.07, 6.45) is 1.39. The van der Waals surface area contributed by atoms with Gasteiger partial charge >= 0.3 is 0 Å². The van der Waals surface area contributed by atoms with Crippen molar-refractivity contribution in [3.8, 4) is 6.07 Å². The summed E-state index contributed by atoms with van der Waals surface area (Å²) in [5, 5.41) is 11.8. The number of nitrogens with one attached hydrogen (secondary N) is 1. The van der Waals surface area contributed by atoms with Gasteiger partial charge in [0.25, 0.3) is 0 Å². The lowest BCUT2D eigenvalue weighted by Crippen LogP contribution is -2.30. The van der Waals surface area contributed by atoms with Gasteiger partial charge in [0.05, 0.1) is 6.07 Å². The highest BCUT2D eigenvalue weighted by atomic mass is 16.2. The maximum Gasteiger partial charge on any atom is 0.240 e. The largest absolute Gasteiger partial charge is 0.351 e. The van der Waals surface area contributed by atoms with Crippen LogP contribution in [0.25, 0.3) is 0 Å². The molecule has 0 atom stereocenters. The number of hydrogen-bond acceptors (Lipinski definition) is 2. The third-order valence-corrected chi connectivity index (χ3v) is 3.34. The van der Waals surface area contributed by atoms with Crippen LogP contribution in [-0.2, 0) is 11.3 Å². The predicted octanol–water partition coefficient (Wildman–Crippen LogP) is 2.22. The first-order valence-corrected chi connectivity index (χ1v) is 5.83. The van der Waals surface area contributed by atoms with Crippen molar-refractivity contribution in [3.05, 3.63) is 34.9 Å². The van der Waals surface area contributed by atoms with Gasteiger partial charge in [0.2, 0.25) is 5.91 Å². The van der Waals surface area contributed by atoms with E-state index in [9.17, 15) is 4.79 Å². The zero-order valence-corrected chi connectivity index (χ0v) is 10.2. The highest BCUT2D eigenvalue weighted by molar-refractivity contribution is 5.88.